The van der Waals surface area contributed by atoms with Crippen LogP contribution in [0.5, 0.6) is 0 Å². The van der Waals surface area contributed by atoms with Gasteiger partial charge >= 0.3 is 5.97 Å². The molecule has 2 bridgehead atoms. The van der Waals surface area contributed by atoms with E-state index in [0.29, 0.717) is 12.0 Å². The van der Waals surface area contributed by atoms with Gasteiger partial charge in [-0.25, -0.2) is 0 Å². The average Bonchev–Trinajstić information content (AvgIpc) is 3.23. The number of cyclic esters (lactones) is 1. The quantitative estimate of drug-likeness (QED) is 0.286. The minimum Gasteiger partial charge on any atom is -0.462 e. The van der Waals surface area contributed by atoms with Crippen LogP contribution in [0, 0.1) is 23.2 Å². The predicted octanol–water partition coefficient (Wildman–Crippen LogP) is 0.948. The Kier molecular flexibility index (Phi) is 11.9. The van der Waals surface area contributed by atoms with E-state index >= 15 is 0 Å². The van der Waals surface area contributed by atoms with Crippen molar-refractivity contribution >= 4 is 11.8 Å². The van der Waals surface area contributed by atoms with Crippen LogP contribution in [0.2, 0.25) is 0 Å². The van der Waals surface area contributed by atoms with Gasteiger partial charge in [0.1, 0.15) is 12.2 Å². The van der Waals surface area contributed by atoms with Crippen molar-refractivity contribution in [3.63, 3.8) is 0 Å². The number of carbonyl (C=O) groups excluding carboxylic acids is 2. The number of allylic oxidation sites excluding steroid dienone is 3. The second-order valence-corrected chi connectivity index (χ2v) is 12.9. The molecule has 0 spiro atoms. The fourth-order valence-corrected chi connectivity index (χ4v) is 6.72. The van der Waals surface area contributed by atoms with Gasteiger partial charge in [0.25, 0.3) is 0 Å². The normalized spacial score (nSPS) is 46.3. The number of likely N-dealkylation sites (N-methyl/N-ethyl adjacent to an activating group) is 1. The van der Waals surface area contributed by atoms with E-state index in [9.17, 15) is 35.1 Å². The molecular weight excluding hydrogens is 546 g/mol. The van der Waals surface area contributed by atoms with Gasteiger partial charge in [-0.2, -0.15) is 0 Å². The van der Waals surface area contributed by atoms with Crippen LogP contribution in [-0.4, -0.2) is 118 Å². The van der Waals surface area contributed by atoms with Gasteiger partial charge in [0.2, 0.25) is 0 Å². The number of rotatable bonds is 5. The van der Waals surface area contributed by atoms with Gasteiger partial charge in [-0.15, -0.1) is 0 Å². The maximum atomic E-state index is 13.5. The third-order valence-electron chi connectivity index (χ3n) is 9.52. The van der Waals surface area contributed by atoms with E-state index in [0.717, 1.165) is 0 Å². The molecule has 2 fully saturated rings. The molecule has 1 saturated heterocycles. The zero-order valence-electron chi connectivity index (χ0n) is 25.9. The summed E-state index contributed by atoms with van der Waals surface area (Å²) < 4.78 is 18.0. The summed E-state index contributed by atoms with van der Waals surface area (Å²) in [5.74, 6) is -2.52. The molecule has 3 aliphatic rings. The average molecular weight is 598 g/mol. The zero-order valence-corrected chi connectivity index (χ0v) is 25.9. The van der Waals surface area contributed by atoms with Gasteiger partial charge in [-0.1, -0.05) is 31.6 Å². The molecule has 13 atom stereocenters. The van der Waals surface area contributed by atoms with Crippen molar-refractivity contribution in [2.75, 3.05) is 20.7 Å². The van der Waals surface area contributed by atoms with Crippen LogP contribution in [0.3, 0.4) is 0 Å². The molecule has 0 aromatic heterocycles. The first-order chi connectivity index (χ1) is 19.6. The minimum atomic E-state index is -1.24. The number of ketones is 1. The van der Waals surface area contributed by atoms with Gasteiger partial charge < -0.3 is 44.6 Å². The van der Waals surface area contributed by atoms with E-state index in [1.165, 1.54) is 6.08 Å². The molecule has 0 amide bonds. The van der Waals surface area contributed by atoms with Gasteiger partial charge in [-0.05, 0) is 66.1 Å². The molecule has 1 unspecified atom stereocenters. The first-order valence-electron chi connectivity index (χ1n) is 15.0. The highest BCUT2D eigenvalue weighted by Crippen LogP contribution is 2.47. The molecule has 11 nitrogen and oxygen atoms in total. The largest absolute Gasteiger partial charge is 0.462 e. The van der Waals surface area contributed by atoms with Crippen LogP contribution in [-0.2, 0) is 23.8 Å². The molecule has 1 aliphatic carbocycles. The van der Waals surface area contributed by atoms with Crippen molar-refractivity contribution in [2.24, 2.45) is 23.2 Å². The first-order valence-corrected chi connectivity index (χ1v) is 15.0. The highest BCUT2D eigenvalue weighted by atomic mass is 16.7. The van der Waals surface area contributed by atoms with Gasteiger partial charge in [0.15, 0.2) is 12.1 Å². The maximum absolute atomic E-state index is 13.5. The van der Waals surface area contributed by atoms with Crippen LogP contribution < -0.4 is 0 Å². The molecule has 2 heterocycles. The Morgan fingerprint density at radius 2 is 1.76 bits per heavy atom. The lowest BCUT2D eigenvalue weighted by atomic mass is 9.79. The van der Waals surface area contributed by atoms with E-state index in [1.54, 1.807) is 58.8 Å². The van der Waals surface area contributed by atoms with Gasteiger partial charge in [-0.3, -0.25) is 9.59 Å². The molecule has 11 heteroatoms. The topological polar surface area (TPSA) is 166 Å². The predicted molar refractivity (Wildman–Crippen MR) is 154 cm³/mol. The molecule has 5 N–H and O–H groups in total. The summed E-state index contributed by atoms with van der Waals surface area (Å²) in [7, 11) is 3.46. The van der Waals surface area contributed by atoms with Crippen LogP contribution in [0.25, 0.3) is 0 Å². The molecule has 0 radical (unpaired) electrons. The van der Waals surface area contributed by atoms with Gasteiger partial charge in [0.05, 0.1) is 55.0 Å². The number of carbonyl (C=O) groups is 2. The highest BCUT2D eigenvalue weighted by Gasteiger charge is 2.53. The van der Waals surface area contributed by atoms with Gasteiger partial charge in [0, 0.05) is 11.8 Å². The lowest BCUT2D eigenvalue weighted by Crippen LogP contribution is -2.63. The van der Waals surface area contributed by atoms with Crippen LogP contribution in [0.4, 0.5) is 0 Å². The summed E-state index contributed by atoms with van der Waals surface area (Å²) in [5.41, 5.74) is -0.435. The summed E-state index contributed by atoms with van der Waals surface area (Å²) in [5, 5.41) is 54.3. The Hall–Kier alpha value is -1.70. The zero-order chi connectivity index (χ0) is 31.5. The molecule has 240 valence electrons. The maximum Gasteiger partial charge on any atom is 0.308 e. The Bertz CT molecular complexity index is 1000. The number of fused-ring (bicyclic) bond motifs is 2. The Balaban J connectivity index is 2.01. The summed E-state index contributed by atoms with van der Waals surface area (Å²) in [6, 6.07) is -0.687. The van der Waals surface area contributed by atoms with E-state index in [2.05, 4.69) is 0 Å². The van der Waals surface area contributed by atoms with E-state index in [1.807, 2.05) is 6.92 Å². The molecule has 0 aromatic carbocycles. The lowest BCUT2D eigenvalue weighted by molar-refractivity contribution is -0.303. The second kappa shape index (κ2) is 14.4. The van der Waals surface area contributed by atoms with Crippen molar-refractivity contribution in [2.45, 2.75) is 115 Å². The first kappa shape index (κ1) is 34.8. The number of aliphatic hydroxyl groups is 5. The standard InChI is InChI=1S/C31H51NO10/c1-8-22-20(15-33)11-16(2)9-10-23(35)31(5)14-19(12-24(31)36)29(17(3)21(34)13-25(37)41-22)42-30-28(39)26(32(6)7)27(38)18(4)40-30/h9-11,17-22,24,26-30,33-34,36,38-39H,8,12-15H2,1-7H3/b10-9+,16-11+/t17-,18+,19-,20+,21+,22+,24?,26-,27+,28+,29+,30-,31-/m0/s1. The Morgan fingerprint density at radius 1 is 1.10 bits per heavy atom. The monoisotopic (exact) mass is 597 g/mol. The number of nitrogens with zero attached hydrogens (tertiary/aromatic N) is 1. The third kappa shape index (κ3) is 7.50. The third-order valence-corrected chi connectivity index (χ3v) is 9.52. The van der Waals surface area contributed by atoms with Crippen molar-refractivity contribution in [3.8, 4) is 0 Å². The summed E-state index contributed by atoms with van der Waals surface area (Å²) in [4.78, 5) is 28.1. The van der Waals surface area contributed by atoms with Crippen LogP contribution in [0.1, 0.15) is 60.3 Å². The minimum absolute atomic E-state index is 0.194. The number of esters is 1. The number of hydrogen-bond acceptors (Lipinski definition) is 11. The SMILES string of the molecule is CC[C@H]1OC(=O)C[C@@H](O)[C@H](C)[C@@H](O[C@@H]2O[C@H](C)[C@@H](O)[C@H](N(C)C)[C@H]2O)[C@H]2CC(O)[C@@](C)(C2)C(=O)/C=C/C(C)=C/[C@@H]1CO. The smallest absolute Gasteiger partial charge is 0.308 e. The Labute approximate surface area is 249 Å². The number of ether oxygens (including phenoxy) is 3. The highest BCUT2D eigenvalue weighted by molar-refractivity contribution is 5.95. The molecule has 1 saturated carbocycles. The molecule has 0 aromatic rings. The van der Waals surface area contributed by atoms with Crippen LogP contribution in [0.15, 0.2) is 23.8 Å². The Morgan fingerprint density at radius 3 is 2.36 bits per heavy atom. The van der Waals surface area contributed by atoms with Crippen molar-refractivity contribution < 1.29 is 49.3 Å². The summed E-state index contributed by atoms with van der Waals surface area (Å²) >= 11 is 0. The molecule has 42 heavy (non-hydrogen) atoms. The van der Waals surface area contributed by atoms with E-state index in [4.69, 9.17) is 14.2 Å². The van der Waals surface area contributed by atoms with Crippen molar-refractivity contribution in [3.05, 3.63) is 23.8 Å². The van der Waals surface area contributed by atoms with Crippen molar-refractivity contribution in [1.82, 2.24) is 4.90 Å². The molecular formula is C31H51NO10. The fourth-order valence-electron chi connectivity index (χ4n) is 6.72. The summed E-state index contributed by atoms with van der Waals surface area (Å²) in [6.07, 6.45) is -2.39. The fraction of sp³-hybridized carbons (Fsp3) is 0.806. The number of hydrogen-bond donors (Lipinski definition) is 5. The number of aliphatic hydroxyl groups excluding tert-OH is 5. The van der Waals surface area contributed by atoms with E-state index < -0.39 is 84.2 Å². The van der Waals surface area contributed by atoms with E-state index in [-0.39, 0.29) is 31.7 Å². The second-order valence-electron chi connectivity index (χ2n) is 12.9. The van der Waals surface area contributed by atoms with Crippen LogP contribution >= 0.6 is 0 Å². The summed E-state index contributed by atoms with van der Waals surface area (Å²) in [6.45, 7) is 8.44. The molecule has 3 rings (SSSR count). The van der Waals surface area contributed by atoms with Crippen molar-refractivity contribution in [1.29, 1.82) is 0 Å². The lowest BCUT2D eigenvalue weighted by Gasteiger charge is -2.46. The molecule has 2 aliphatic heterocycles.